The molecule has 1 aliphatic heterocycles. The molecule has 0 spiro atoms. The van der Waals surface area contributed by atoms with Crippen LogP contribution in [0.15, 0.2) is 12.3 Å². The van der Waals surface area contributed by atoms with Crippen LogP contribution in [0.2, 0.25) is 0 Å². The molecule has 0 aliphatic carbocycles. The number of pyridine rings is 1. The van der Waals surface area contributed by atoms with E-state index in [1.807, 2.05) is 0 Å². The van der Waals surface area contributed by atoms with Crippen LogP contribution in [0.4, 0.5) is 11.5 Å². The molecule has 2 heterocycles. The lowest BCUT2D eigenvalue weighted by Gasteiger charge is -2.35. The molecular formula is C13H20N4O3. The van der Waals surface area contributed by atoms with Crippen molar-refractivity contribution in [1.82, 2.24) is 9.88 Å². The van der Waals surface area contributed by atoms with Crippen molar-refractivity contribution in [2.24, 2.45) is 0 Å². The summed E-state index contributed by atoms with van der Waals surface area (Å²) >= 11 is 0. The summed E-state index contributed by atoms with van der Waals surface area (Å²) in [6.07, 6.45) is 1.49. The first-order valence-corrected chi connectivity index (χ1v) is 6.57. The van der Waals surface area contributed by atoms with Crippen molar-refractivity contribution in [1.29, 1.82) is 0 Å². The second kappa shape index (κ2) is 6.53. The molecule has 0 aromatic carbocycles. The van der Waals surface area contributed by atoms with Crippen LogP contribution in [-0.2, 0) is 4.74 Å². The molecule has 7 heteroatoms. The highest BCUT2D eigenvalue weighted by Gasteiger charge is 2.19. The van der Waals surface area contributed by atoms with E-state index in [0.29, 0.717) is 17.8 Å². The fourth-order valence-electron chi connectivity index (χ4n) is 2.26. The number of hydrogen-bond acceptors (Lipinski definition) is 7. The van der Waals surface area contributed by atoms with Gasteiger partial charge in [-0.1, -0.05) is 0 Å². The Morgan fingerprint density at radius 3 is 2.75 bits per heavy atom. The first-order valence-electron chi connectivity index (χ1n) is 6.57. The van der Waals surface area contributed by atoms with E-state index in [1.54, 1.807) is 6.07 Å². The molecule has 1 aromatic rings. The van der Waals surface area contributed by atoms with E-state index in [-0.39, 0.29) is 6.61 Å². The van der Waals surface area contributed by atoms with Crippen molar-refractivity contribution in [3.8, 4) is 0 Å². The number of aliphatic hydroxyl groups is 1. The van der Waals surface area contributed by atoms with Crippen molar-refractivity contribution in [3.63, 3.8) is 0 Å². The highest BCUT2D eigenvalue weighted by Crippen LogP contribution is 2.20. The summed E-state index contributed by atoms with van der Waals surface area (Å²) in [5.74, 6) is 0.272. The van der Waals surface area contributed by atoms with Gasteiger partial charge in [-0.15, -0.1) is 0 Å². The number of β-amino-alcohol motifs (C(OH)–C–C–N with tert-alkyl or cyclic N) is 1. The quantitative estimate of drug-likeness (QED) is 0.723. The Morgan fingerprint density at radius 2 is 2.15 bits per heavy atom. The van der Waals surface area contributed by atoms with Crippen LogP contribution >= 0.6 is 0 Å². The minimum Gasteiger partial charge on any atom is -0.465 e. The van der Waals surface area contributed by atoms with Crippen molar-refractivity contribution >= 4 is 17.5 Å². The molecule has 110 valence electrons. The standard InChI is InChI=1S/C13H20N4O3/c1-20-13(19)10-8-12(15-9-11(10)14)17-4-2-16(3-5-17)6-7-18/h8-9,18H,2-7,14H2,1H3. The number of nitrogens with zero attached hydrogens (tertiary/aromatic N) is 3. The van der Waals surface area contributed by atoms with Gasteiger partial charge in [-0.3, -0.25) is 4.90 Å². The van der Waals surface area contributed by atoms with Gasteiger partial charge in [0.2, 0.25) is 0 Å². The van der Waals surface area contributed by atoms with Gasteiger partial charge in [-0.2, -0.15) is 0 Å². The maximum Gasteiger partial charge on any atom is 0.340 e. The third-order valence-electron chi connectivity index (χ3n) is 3.44. The second-order valence-electron chi connectivity index (χ2n) is 4.67. The van der Waals surface area contributed by atoms with Crippen molar-refractivity contribution < 1.29 is 14.6 Å². The van der Waals surface area contributed by atoms with E-state index in [2.05, 4.69) is 14.8 Å². The van der Waals surface area contributed by atoms with Crippen LogP contribution in [0.3, 0.4) is 0 Å². The molecule has 0 saturated carbocycles. The van der Waals surface area contributed by atoms with Crippen LogP contribution in [-0.4, -0.2) is 67.4 Å². The highest BCUT2D eigenvalue weighted by molar-refractivity contribution is 5.95. The minimum absolute atomic E-state index is 0.173. The molecule has 1 fully saturated rings. The predicted octanol–water partition coefficient (Wildman–Crippen LogP) is -0.435. The van der Waals surface area contributed by atoms with Gasteiger partial charge >= 0.3 is 5.97 Å². The van der Waals surface area contributed by atoms with Crippen LogP contribution in [0.25, 0.3) is 0 Å². The molecule has 0 atom stereocenters. The molecule has 3 N–H and O–H groups in total. The normalized spacial score (nSPS) is 16.2. The lowest BCUT2D eigenvalue weighted by atomic mass is 10.2. The third kappa shape index (κ3) is 3.17. The van der Waals surface area contributed by atoms with Crippen molar-refractivity contribution in [2.45, 2.75) is 0 Å². The van der Waals surface area contributed by atoms with E-state index in [1.165, 1.54) is 13.3 Å². The van der Waals surface area contributed by atoms with Crippen molar-refractivity contribution in [3.05, 3.63) is 17.8 Å². The number of rotatable bonds is 4. The van der Waals surface area contributed by atoms with Gasteiger partial charge in [-0.05, 0) is 6.07 Å². The number of aliphatic hydroxyl groups excluding tert-OH is 1. The molecule has 20 heavy (non-hydrogen) atoms. The molecule has 7 nitrogen and oxygen atoms in total. The minimum atomic E-state index is -0.454. The number of ether oxygens (including phenoxy) is 1. The Hall–Kier alpha value is -1.86. The SMILES string of the molecule is COC(=O)c1cc(N2CCN(CCO)CC2)ncc1N. The van der Waals surface area contributed by atoms with Gasteiger partial charge in [0.05, 0.1) is 31.2 Å². The summed E-state index contributed by atoms with van der Waals surface area (Å²) in [6.45, 7) is 4.19. The van der Waals surface area contributed by atoms with E-state index >= 15 is 0 Å². The molecule has 0 radical (unpaired) electrons. The molecule has 1 aliphatic rings. The van der Waals surface area contributed by atoms with Crippen LogP contribution < -0.4 is 10.6 Å². The molecule has 2 rings (SSSR count). The number of nitrogen functional groups attached to an aromatic ring is 1. The maximum absolute atomic E-state index is 11.6. The monoisotopic (exact) mass is 280 g/mol. The smallest absolute Gasteiger partial charge is 0.340 e. The first kappa shape index (κ1) is 14.5. The predicted molar refractivity (Wildman–Crippen MR) is 75.7 cm³/mol. The summed E-state index contributed by atoms with van der Waals surface area (Å²) in [5.41, 5.74) is 6.40. The number of methoxy groups -OCH3 is 1. The van der Waals surface area contributed by atoms with Gasteiger partial charge in [0, 0.05) is 32.7 Å². The molecule has 0 unspecified atom stereocenters. The largest absolute Gasteiger partial charge is 0.465 e. The first-order chi connectivity index (χ1) is 9.65. The Kier molecular flexibility index (Phi) is 4.75. The average Bonchev–Trinajstić information content (AvgIpc) is 2.48. The Bertz CT molecular complexity index is 473. The van der Waals surface area contributed by atoms with E-state index < -0.39 is 5.97 Å². The van der Waals surface area contributed by atoms with E-state index in [0.717, 1.165) is 32.0 Å². The molecule has 0 bridgehead atoms. The highest BCUT2D eigenvalue weighted by atomic mass is 16.5. The summed E-state index contributed by atoms with van der Waals surface area (Å²) in [4.78, 5) is 20.2. The zero-order valence-electron chi connectivity index (χ0n) is 11.6. The topological polar surface area (TPSA) is 91.9 Å². The van der Waals surface area contributed by atoms with Gasteiger partial charge in [0.15, 0.2) is 0 Å². The number of nitrogens with two attached hydrogens (primary N) is 1. The summed E-state index contributed by atoms with van der Waals surface area (Å²) in [5, 5.41) is 8.92. The lowest BCUT2D eigenvalue weighted by molar-refractivity contribution is 0.0602. The number of aromatic nitrogens is 1. The Labute approximate surface area is 117 Å². The number of piperazine rings is 1. The fraction of sp³-hybridized carbons (Fsp3) is 0.538. The zero-order valence-corrected chi connectivity index (χ0v) is 11.6. The van der Waals surface area contributed by atoms with Gasteiger partial charge in [0.1, 0.15) is 5.82 Å². The molecule has 0 amide bonds. The van der Waals surface area contributed by atoms with Gasteiger partial charge < -0.3 is 20.5 Å². The molecular weight excluding hydrogens is 260 g/mol. The van der Waals surface area contributed by atoms with Crippen LogP contribution in [0, 0.1) is 0 Å². The van der Waals surface area contributed by atoms with E-state index in [4.69, 9.17) is 15.6 Å². The van der Waals surface area contributed by atoms with Gasteiger partial charge in [0.25, 0.3) is 0 Å². The third-order valence-corrected chi connectivity index (χ3v) is 3.44. The number of hydrogen-bond donors (Lipinski definition) is 2. The lowest BCUT2D eigenvalue weighted by Crippen LogP contribution is -2.47. The fourth-order valence-corrected chi connectivity index (χ4v) is 2.26. The van der Waals surface area contributed by atoms with Crippen molar-refractivity contribution in [2.75, 3.05) is 57.1 Å². The summed E-state index contributed by atoms with van der Waals surface area (Å²) < 4.78 is 4.71. The van der Waals surface area contributed by atoms with Crippen LogP contribution in [0.5, 0.6) is 0 Å². The number of anilines is 2. The maximum atomic E-state index is 11.6. The second-order valence-corrected chi connectivity index (χ2v) is 4.67. The van der Waals surface area contributed by atoms with E-state index in [9.17, 15) is 4.79 Å². The van der Waals surface area contributed by atoms with Crippen LogP contribution in [0.1, 0.15) is 10.4 Å². The summed E-state index contributed by atoms with van der Waals surface area (Å²) in [6, 6.07) is 1.67. The Balaban J connectivity index is 2.08. The zero-order chi connectivity index (χ0) is 14.5. The molecule has 1 aromatic heterocycles. The number of carbonyl (C=O) groups excluding carboxylic acids is 1. The summed E-state index contributed by atoms with van der Waals surface area (Å²) in [7, 11) is 1.33. The molecule has 1 saturated heterocycles. The Morgan fingerprint density at radius 1 is 1.45 bits per heavy atom. The number of esters is 1. The average molecular weight is 280 g/mol. The van der Waals surface area contributed by atoms with Gasteiger partial charge in [-0.25, -0.2) is 9.78 Å². The number of carbonyl (C=O) groups is 1.